The van der Waals surface area contributed by atoms with Gasteiger partial charge in [-0.1, -0.05) is 26.2 Å². The molecule has 0 aromatic carbocycles. The molecule has 1 aliphatic heterocycles. The number of hydrogen-bond donors (Lipinski definition) is 1. The van der Waals surface area contributed by atoms with Crippen molar-refractivity contribution in [2.75, 3.05) is 25.0 Å². The fourth-order valence-corrected chi connectivity index (χ4v) is 2.94. The van der Waals surface area contributed by atoms with Gasteiger partial charge in [0.2, 0.25) is 0 Å². The Morgan fingerprint density at radius 3 is 2.62 bits per heavy atom. The summed E-state index contributed by atoms with van der Waals surface area (Å²) in [5.74, 6) is 0.802. The summed E-state index contributed by atoms with van der Waals surface area (Å²) in [6.45, 7) is 4.65. The molecule has 5 heteroatoms. The highest BCUT2D eigenvalue weighted by Crippen LogP contribution is 2.21. The van der Waals surface area contributed by atoms with Crippen LogP contribution in [0.15, 0.2) is 16.7 Å². The predicted molar refractivity (Wildman–Crippen MR) is 89.7 cm³/mol. The maximum atomic E-state index is 12.8. The Bertz CT molecular complexity index is 471. The molecule has 1 N–H and O–H groups in total. The second-order valence-corrected chi connectivity index (χ2v) is 6.45. The molecule has 1 aromatic rings. The Morgan fingerprint density at radius 2 is 1.95 bits per heavy atom. The quantitative estimate of drug-likeness (QED) is 0.887. The van der Waals surface area contributed by atoms with E-state index in [0.717, 1.165) is 43.4 Å². The highest BCUT2D eigenvalue weighted by Gasteiger charge is 2.20. The molecule has 0 saturated carbocycles. The Kier molecular flexibility index (Phi) is 6.49. The maximum absolute atomic E-state index is 12.8. The van der Waals surface area contributed by atoms with Gasteiger partial charge in [-0.05, 0) is 41.3 Å². The van der Waals surface area contributed by atoms with Gasteiger partial charge in [-0.25, -0.2) is 4.98 Å². The van der Waals surface area contributed by atoms with Crippen molar-refractivity contribution in [1.29, 1.82) is 0 Å². The van der Waals surface area contributed by atoms with Crippen molar-refractivity contribution in [2.45, 2.75) is 45.4 Å². The molecular weight excluding hydrogens is 330 g/mol. The number of aromatic nitrogens is 1. The highest BCUT2D eigenvalue weighted by atomic mass is 79.9. The van der Waals surface area contributed by atoms with E-state index in [1.54, 1.807) is 6.20 Å². The van der Waals surface area contributed by atoms with Crippen molar-refractivity contribution in [3.63, 3.8) is 0 Å². The van der Waals surface area contributed by atoms with E-state index >= 15 is 0 Å². The average Bonchev–Trinajstić information content (AvgIpc) is 2.45. The molecule has 0 aliphatic carbocycles. The zero-order valence-corrected chi connectivity index (χ0v) is 14.3. The standard InChI is InChI=1S/C16H24BrN3O/c1-2-8-18-15-14(11-13(17)12-19-15)16(21)20-9-6-4-3-5-7-10-20/h11-12H,2-10H2,1H3,(H,18,19). The monoisotopic (exact) mass is 353 g/mol. The zero-order chi connectivity index (χ0) is 15.1. The molecule has 0 atom stereocenters. The second-order valence-electron chi connectivity index (χ2n) is 5.54. The van der Waals surface area contributed by atoms with Crippen LogP contribution in [-0.4, -0.2) is 35.4 Å². The first-order valence-corrected chi connectivity index (χ1v) is 8.70. The summed E-state index contributed by atoms with van der Waals surface area (Å²) >= 11 is 3.42. The normalized spacial score (nSPS) is 16.2. The van der Waals surface area contributed by atoms with Crippen LogP contribution in [0.4, 0.5) is 5.82 Å². The molecule has 0 radical (unpaired) electrons. The smallest absolute Gasteiger partial charge is 0.257 e. The lowest BCUT2D eigenvalue weighted by atomic mass is 10.1. The van der Waals surface area contributed by atoms with Gasteiger partial charge in [0, 0.05) is 30.3 Å². The lowest BCUT2D eigenvalue weighted by Crippen LogP contribution is -2.34. The lowest BCUT2D eigenvalue weighted by Gasteiger charge is -2.25. The SMILES string of the molecule is CCCNc1ncc(Br)cc1C(=O)N1CCCCCCC1. The molecule has 21 heavy (non-hydrogen) atoms. The summed E-state index contributed by atoms with van der Waals surface area (Å²) in [5, 5.41) is 3.26. The van der Waals surface area contributed by atoms with Crippen LogP contribution in [0.3, 0.4) is 0 Å². The van der Waals surface area contributed by atoms with Crippen molar-refractivity contribution in [3.8, 4) is 0 Å². The van der Waals surface area contributed by atoms with Crippen molar-refractivity contribution < 1.29 is 4.79 Å². The van der Waals surface area contributed by atoms with Gasteiger partial charge in [-0.15, -0.1) is 0 Å². The number of amides is 1. The first kappa shape index (κ1) is 16.3. The van der Waals surface area contributed by atoms with E-state index in [4.69, 9.17) is 0 Å². The van der Waals surface area contributed by atoms with Crippen LogP contribution in [0.5, 0.6) is 0 Å². The number of nitrogens with one attached hydrogen (secondary N) is 1. The highest BCUT2D eigenvalue weighted by molar-refractivity contribution is 9.10. The van der Waals surface area contributed by atoms with Gasteiger partial charge in [0.25, 0.3) is 5.91 Å². The van der Waals surface area contributed by atoms with E-state index in [9.17, 15) is 4.79 Å². The molecular formula is C16H24BrN3O. The molecule has 1 saturated heterocycles. The van der Waals surface area contributed by atoms with Gasteiger partial charge in [0.1, 0.15) is 5.82 Å². The minimum atomic E-state index is 0.101. The minimum Gasteiger partial charge on any atom is -0.369 e. The largest absolute Gasteiger partial charge is 0.369 e. The molecule has 4 nitrogen and oxygen atoms in total. The van der Waals surface area contributed by atoms with Crippen molar-refractivity contribution in [3.05, 3.63) is 22.3 Å². The van der Waals surface area contributed by atoms with Crippen LogP contribution >= 0.6 is 15.9 Å². The van der Waals surface area contributed by atoms with Gasteiger partial charge < -0.3 is 10.2 Å². The molecule has 0 unspecified atom stereocenters. The molecule has 116 valence electrons. The van der Waals surface area contributed by atoms with E-state index in [2.05, 4.69) is 33.2 Å². The van der Waals surface area contributed by atoms with Crippen molar-refractivity contribution >= 4 is 27.7 Å². The first-order chi connectivity index (χ1) is 10.2. The van der Waals surface area contributed by atoms with E-state index in [1.807, 2.05) is 11.0 Å². The Balaban J connectivity index is 2.17. The van der Waals surface area contributed by atoms with E-state index in [-0.39, 0.29) is 5.91 Å². The lowest BCUT2D eigenvalue weighted by molar-refractivity contribution is 0.0743. The summed E-state index contributed by atoms with van der Waals surface area (Å²) in [7, 11) is 0. The van der Waals surface area contributed by atoms with Gasteiger partial charge in [-0.3, -0.25) is 4.79 Å². The number of anilines is 1. The van der Waals surface area contributed by atoms with Crippen LogP contribution in [-0.2, 0) is 0 Å². The average molecular weight is 354 g/mol. The van der Waals surface area contributed by atoms with Gasteiger partial charge in [0.15, 0.2) is 0 Å². The van der Waals surface area contributed by atoms with Crippen molar-refractivity contribution in [1.82, 2.24) is 9.88 Å². The molecule has 1 aliphatic rings. The maximum Gasteiger partial charge on any atom is 0.257 e. The fraction of sp³-hybridized carbons (Fsp3) is 0.625. The Labute approximate surface area is 135 Å². The van der Waals surface area contributed by atoms with Crippen LogP contribution < -0.4 is 5.32 Å². The molecule has 1 fully saturated rings. The Morgan fingerprint density at radius 1 is 1.29 bits per heavy atom. The summed E-state index contributed by atoms with van der Waals surface area (Å²) in [5.41, 5.74) is 0.679. The minimum absolute atomic E-state index is 0.101. The van der Waals surface area contributed by atoms with E-state index in [0.29, 0.717) is 11.4 Å². The topological polar surface area (TPSA) is 45.2 Å². The molecule has 2 rings (SSSR count). The molecule has 2 heterocycles. The third kappa shape index (κ3) is 4.70. The van der Waals surface area contributed by atoms with Gasteiger partial charge in [0.05, 0.1) is 5.56 Å². The Hall–Kier alpha value is -1.10. The van der Waals surface area contributed by atoms with E-state index < -0.39 is 0 Å². The van der Waals surface area contributed by atoms with Gasteiger partial charge in [-0.2, -0.15) is 0 Å². The molecule has 1 aromatic heterocycles. The molecule has 0 bridgehead atoms. The molecule has 1 amide bonds. The first-order valence-electron chi connectivity index (χ1n) is 7.91. The predicted octanol–water partition coefficient (Wildman–Crippen LogP) is 4.07. The summed E-state index contributed by atoms with van der Waals surface area (Å²) in [6.07, 6.45) is 8.69. The summed E-state index contributed by atoms with van der Waals surface area (Å²) in [6, 6.07) is 1.88. The van der Waals surface area contributed by atoms with Crippen LogP contribution in [0, 0.1) is 0 Å². The van der Waals surface area contributed by atoms with Crippen molar-refractivity contribution in [2.24, 2.45) is 0 Å². The summed E-state index contributed by atoms with van der Waals surface area (Å²) in [4.78, 5) is 19.2. The second kappa shape index (κ2) is 8.37. The van der Waals surface area contributed by atoms with Crippen LogP contribution in [0.1, 0.15) is 55.8 Å². The number of hydrogen-bond acceptors (Lipinski definition) is 3. The zero-order valence-electron chi connectivity index (χ0n) is 12.7. The number of nitrogens with zero attached hydrogens (tertiary/aromatic N) is 2. The number of rotatable bonds is 4. The van der Waals surface area contributed by atoms with Crippen LogP contribution in [0.2, 0.25) is 0 Å². The van der Waals surface area contributed by atoms with Gasteiger partial charge >= 0.3 is 0 Å². The van der Waals surface area contributed by atoms with E-state index in [1.165, 1.54) is 19.3 Å². The number of carbonyl (C=O) groups excluding carboxylic acids is 1. The third-order valence-electron chi connectivity index (χ3n) is 3.77. The summed E-state index contributed by atoms with van der Waals surface area (Å²) < 4.78 is 0.847. The third-order valence-corrected chi connectivity index (χ3v) is 4.20. The fourth-order valence-electron chi connectivity index (χ4n) is 2.61. The number of carbonyl (C=O) groups is 1. The number of pyridine rings is 1. The number of halogens is 1. The molecule has 0 spiro atoms. The number of likely N-dealkylation sites (tertiary alicyclic amines) is 1. The van der Waals surface area contributed by atoms with Crippen LogP contribution in [0.25, 0.3) is 0 Å².